The summed E-state index contributed by atoms with van der Waals surface area (Å²) in [6.45, 7) is 0. The molecular weight excluding hydrogens is 721 g/mol. The van der Waals surface area contributed by atoms with Crippen LogP contribution in [0.5, 0.6) is 17.2 Å². The standard InChI is InChI=1S/C42H36N4O6S2/c1-50-32-20-10-17-29(23-32)35-26-53-42(45-35)46-41(49)38(27-13-6-4-7-14-27)54-33-21-12-19-31(25-33)43-40(48)34(44-39(47)28-15-8-5-9-16-28)24-30-18-11-22-36(51-2)37(30)52-3/h4-26,38H,1-3H3,(H,43,48)(H,44,47)(H,45,46,49)/b34-24+. The molecule has 12 heteroatoms. The van der Waals surface area contributed by atoms with Gasteiger partial charge >= 0.3 is 0 Å². The van der Waals surface area contributed by atoms with E-state index in [2.05, 4.69) is 20.9 Å². The highest BCUT2D eigenvalue weighted by Gasteiger charge is 2.24. The Morgan fingerprint density at radius 1 is 0.759 bits per heavy atom. The summed E-state index contributed by atoms with van der Waals surface area (Å²) in [7, 11) is 4.63. The van der Waals surface area contributed by atoms with Crippen LogP contribution < -0.4 is 30.2 Å². The maximum Gasteiger partial charge on any atom is 0.272 e. The predicted molar refractivity (Wildman–Crippen MR) is 214 cm³/mol. The van der Waals surface area contributed by atoms with E-state index in [1.54, 1.807) is 73.8 Å². The molecule has 272 valence electrons. The lowest BCUT2D eigenvalue weighted by Gasteiger charge is -2.17. The lowest BCUT2D eigenvalue weighted by molar-refractivity contribution is -0.116. The Labute approximate surface area is 321 Å². The van der Waals surface area contributed by atoms with Crippen molar-refractivity contribution in [1.82, 2.24) is 10.3 Å². The Morgan fingerprint density at radius 2 is 1.50 bits per heavy atom. The van der Waals surface area contributed by atoms with E-state index in [0.717, 1.165) is 21.7 Å². The van der Waals surface area contributed by atoms with Crippen LogP contribution in [0.15, 0.2) is 143 Å². The minimum atomic E-state index is -0.650. The van der Waals surface area contributed by atoms with Crippen LogP contribution in [0.1, 0.15) is 26.7 Å². The number of anilines is 2. The molecule has 0 spiro atoms. The third-order valence-electron chi connectivity index (χ3n) is 8.05. The number of hydrogen-bond donors (Lipinski definition) is 3. The van der Waals surface area contributed by atoms with Crippen LogP contribution in [0.3, 0.4) is 0 Å². The second-order valence-corrected chi connectivity index (χ2v) is 13.6. The number of amides is 3. The van der Waals surface area contributed by atoms with Crippen molar-refractivity contribution >= 4 is 57.7 Å². The number of methoxy groups -OCH3 is 3. The van der Waals surface area contributed by atoms with Crippen molar-refractivity contribution in [2.75, 3.05) is 32.0 Å². The van der Waals surface area contributed by atoms with Crippen LogP contribution in [0.4, 0.5) is 10.8 Å². The molecule has 3 amide bonds. The summed E-state index contributed by atoms with van der Waals surface area (Å²) >= 11 is 2.66. The molecule has 0 saturated heterocycles. The Balaban J connectivity index is 1.24. The van der Waals surface area contributed by atoms with Crippen molar-refractivity contribution < 1.29 is 28.6 Å². The van der Waals surface area contributed by atoms with E-state index in [-0.39, 0.29) is 11.6 Å². The number of para-hydroxylation sites is 1. The first-order chi connectivity index (χ1) is 26.3. The number of rotatable bonds is 14. The normalized spacial score (nSPS) is 11.6. The Bertz CT molecular complexity index is 2280. The van der Waals surface area contributed by atoms with E-state index in [0.29, 0.717) is 39.2 Å². The fourth-order valence-electron chi connectivity index (χ4n) is 5.42. The van der Waals surface area contributed by atoms with Gasteiger partial charge in [0.15, 0.2) is 16.6 Å². The number of thiazole rings is 1. The first kappa shape index (κ1) is 37.4. The van der Waals surface area contributed by atoms with Crippen molar-refractivity contribution in [3.8, 4) is 28.5 Å². The van der Waals surface area contributed by atoms with E-state index in [4.69, 9.17) is 14.2 Å². The molecule has 0 bridgehead atoms. The third kappa shape index (κ3) is 9.34. The Morgan fingerprint density at radius 3 is 2.24 bits per heavy atom. The molecule has 3 N–H and O–H groups in total. The number of carbonyl (C=O) groups is 3. The van der Waals surface area contributed by atoms with Gasteiger partial charge in [-0.25, -0.2) is 4.98 Å². The zero-order valence-electron chi connectivity index (χ0n) is 29.6. The van der Waals surface area contributed by atoms with Gasteiger partial charge in [-0.15, -0.1) is 23.1 Å². The highest BCUT2D eigenvalue weighted by atomic mass is 32.2. The molecule has 0 radical (unpaired) electrons. The summed E-state index contributed by atoms with van der Waals surface area (Å²) in [5.74, 6) is 0.293. The van der Waals surface area contributed by atoms with Crippen LogP contribution in [0.25, 0.3) is 17.3 Å². The predicted octanol–water partition coefficient (Wildman–Crippen LogP) is 8.72. The van der Waals surface area contributed by atoms with Gasteiger partial charge in [0.25, 0.3) is 11.8 Å². The number of hydrogen-bond acceptors (Lipinski definition) is 9. The van der Waals surface area contributed by atoms with Crippen LogP contribution in [0, 0.1) is 0 Å². The van der Waals surface area contributed by atoms with Crippen LogP contribution in [-0.2, 0) is 9.59 Å². The molecule has 1 heterocycles. The van der Waals surface area contributed by atoms with E-state index >= 15 is 0 Å². The smallest absolute Gasteiger partial charge is 0.272 e. The summed E-state index contributed by atoms with van der Waals surface area (Å²) in [5, 5.41) is 10.4. The van der Waals surface area contributed by atoms with Gasteiger partial charge in [-0.1, -0.05) is 78.9 Å². The van der Waals surface area contributed by atoms with Gasteiger partial charge in [0, 0.05) is 32.7 Å². The minimum Gasteiger partial charge on any atom is -0.497 e. The highest BCUT2D eigenvalue weighted by Crippen LogP contribution is 2.38. The monoisotopic (exact) mass is 756 g/mol. The maximum atomic E-state index is 13.9. The van der Waals surface area contributed by atoms with Gasteiger partial charge < -0.3 is 30.2 Å². The SMILES string of the molecule is COc1cccc(-c2csc(NC(=O)C(Sc3cccc(NC(=O)/C(=C\c4cccc(OC)c4OC)NC(=O)c4ccccc4)c3)c3ccccc3)n2)c1. The molecule has 0 saturated carbocycles. The molecule has 0 aliphatic rings. The van der Waals surface area contributed by atoms with Gasteiger partial charge in [-0.2, -0.15) is 0 Å². The molecule has 5 aromatic carbocycles. The Hall–Kier alpha value is -6.37. The van der Waals surface area contributed by atoms with Crippen molar-refractivity contribution in [3.63, 3.8) is 0 Å². The lowest BCUT2D eigenvalue weighted by atomic mass is 10.1. The van der Waals surface area contributed by atoms with Gasteiger partial charge in [-0.3, -0.25) is 14.4 Å². The van der Waals surface area contributed by atoms with Gasteiger partial charge in [0.05, 0.1) is 27.0 Å². The van der Waals surface area contributed by atoms with Crippen LogP contribution in [-0.4, -0.2) is 44.0 Å². The van der Waals surface area contributed by atoms with Crippen LogP contribution in [0.2, 0.25) is 0 Å². The summed E-state index contributed by atoms with van der Waals surface area (Å²) < 4.78 is 16.4. The second kappa shape index (κ2) is 17.9. The fraction of sp³-hybridized carbons (Fsp3) is 0.0952. The third-order valence-corrected chi connectivity index (χ3v) is 10.1. The average Bonchev–Trinajstić information content (AvgIpc) is 3.68. The first-order valence-corrected chi connectivity index (χ1v) is 18.4. The molecule has 0 aliphatic heterocycles. The topological polar surface area (TPSA) is 128 Å². The molecule has 10 nitrogen and oxygen atoms in total. The van der Waals surface area contributed by atoms with E-state index in [9.17, 15) is 14.4 Å². The van der Waals surface area contributed by atoms with Crippen molar-refractivity contribution in [1.29, 1.82) is 0 Å². The van der Waals surface area contributed by atoms with Crippen molar-refractivity contribution in [2.45, 2.75) is 10.1 Å². The number of aromatic nitrogens is 1. The summed E-state index contributed by atoms with van der Waals surface area (Å²) in [5.41, 5.74) is 3.72. The molecule has 6 rings (SSSR count). The molecule has 0 fully saturated rings. The van der Waals surface area contributed by atoms with E-state index in [1.807, 2.05) is 66.0 Å². The Kier molecular flexibility index (Phi) is 12.4. The lowest BCUT2D eigenvalue weighted by Crippen LogP contribution is -2.30. The highest BCUT2D eigenvalue weighted by molar-refractivity contribution is 8.00. The number of nitrogens with zero attached hydrogens (tertiary/aromatic N) is 1. The fourth-order valence-corrected chi connectivity index (χ4v) is 7.23. The quantitative estimate of drug-likeness (QED) is 0.0744. The molecular formula is C42H36N4O6S2. The number of benzene rings is 5. The number of ether oxygens (including phenoxy) is 3. The van der Waals surface area contributed by atoms with Gasteiger partial charge in [0.1, 0.15) is 16.7 Å². The summed E-state index contributed by atoms with van der Waals surface area (Å²) in [6, 6.07) is 38.0. The molecule has 1 atom stereocenters. The van der Waals surface area contributed by atoms with Crippen LogP contribution >= 0.6 is 23.1 Å². The zero-order chi connectivity index (χ0) is 37.9. The van der Waals surface area contributed by atoms with E-state index < -0.39 is 17.1 Å². The zero-order valence-corrected chi connectivity index (χ0v) is 31.2. The second-order valence-electron chi connectivity index (χ2n) is 11.6. The molecule has 6 aromatic rings. The molecule has 0 aliphatic carbocycles. The maximum absolute atomic E-state index is 13.9. The summed E-state index contributed by atoms with van der Waals surface area (Å²) in [4.78, 5) is 46.4. The molecule has 54 heavy (non-hydrogen) atoms. The van der Waals surface area contributed by atoms with Crippen molar-refractivity contribution in [3.05, 3.63) is 155 Å². The summed E-state index contributed by atoms with van der Waals surface area (Å²) in [6.07, 6.45) is 1.53. The first-order valence-electron chi connectivity index (χ1n) is 16.7. The van der Waals surface area contributed by atoms with Gasteiger partial charge in [-0.05, 0) is 60.2 Å². The number of nitrogens with one attached hydrogen (secondary N) is 3. The van der Waals surface area contributed by atoms with Gasteiger partial charge in [0.2, 0.25) is 5.91 Å². The molecule has 1 unspecified atom stereocenters. The molecule has 1 aromatic heterocycles. The van der Waals surface area contributed by atoms with Crippen molar-refractivity contribution in [2.24, 2.45) is 0 Å². The largest absolute Gasteiger partial charge is 0.497 e. The number of thioether (sulfide) groups is 1. The average molecular weight is 757 g/mol. The number of carbonyl (C=O) groups excluding carboxylic acids is 3. The van der Waals surface area contributed by atoms with E-state index in [1.165, 1.54) is 43.4 Å². The minimum absolute atomic E-state index is 0.0215.